The highest BCUT2D eigenvalue weighted by Crippen LogP contribution is 2.26. The first-order chi connectivity index (χ1) is 12.7. The van der Waals surface area contributed by atoms with Gasteiger partial charge in [-0.15, -0.1) is 0 Å². The Morgan fingerprint density at radius 2 is 1.62 bits per heavy atom. The van der Waals surface area contributed by atoms with Gasteiger partial charge in [0, 0.05) is 17.4 Å². The van der Waals surface area contributed by atoms with E-state index >= 15 is 0 Å². The molecule has 5 nitrogen and oxygen atoms in total. The van der Waals surface area contributed by atoms with E-state index in [9.17, 15) is 4.79 Å². The summed E-state index contributed by atoms with van der Waals surface area (Å²) in [5.74, 6) is 0.958. The van der Waals surface area contributed by atoms with Crippen LogP contribution in [0.1, 0.15) is 32.1 Å². The summed E-state index contributed by atoms with van der Waals surface area (Å²) >= 11 is 0. The Hall–Kier alpha value is -2.69. The first-order valence-corrected chi connectivity index (χ1v) is 9.17. The highest BCUT2D eigenvalue weighted by Gasteiger charge is 2.13. The zero-order chi connectivity index (χ0) is 18.2. The van der Waals surface area contributed by atoms with Gasteiger partial charge in [0.1, 0.15) is 0 Å². The molecule has 138 valence electrons. The maximum Gasteiger partial charge on any atom is 0.262 e. The standard InChI is InChI=1S/C21H26N2O3/c1-25-19-9-5-6-10-20(19)26-15-21(24)23-18-13-11-17(12-14-18)22-16-7-3-2-4-8-16/h5-6,9-14,16,22H,2-4,7-8,15H2,1H3,(H,23,24). The molecule has 2 N–H and O–H groups in total. The molecule has 0 atom stereocenters. The fourth-order valence-corrected chi connectivity index (χ4v) is 3.21. The van der Waals surface area contributed by atoms with Gasteiger partial charge in [0.2, 0.25) is 0 Å². The molecule has 2 aromatic carbocycles. The second kappa shape index (κ2) is 9.13. The predicted molar refractivity (Wildman–Crippen MR) is 104 cm³/mol. The summed E-state index contributed by atoms with van der Waals surface area (Å²) in [5, 5.41) is 6.42. The lowest BCUT2D eigenvalue weighted by atomic mass is 9.95. The molecule has 1 aliphatic carbocycles. The van der Waals surface area contributed by atoms with Gasteiger partial charge in [0.05, 0.1) is 7.11 Å². The number of rotatable bonds is 7. The molecule has 1 saturated carbocycles. The predicted octanol–water partition coefficient (Wildman–Crippen LogP) is 4.46. The molecule has 2 aromatic rings. The summed E-state index contributed by atoms with van der Waals surface area (Å²) in [6, 6.07) is 15.7. The Kier molecular flexibility index (Phi) is 6.36. The average Bonchev–Trinajstić information content (AvgIpc) is 2.69. The topological polar surface area (TPSA) is 59.6 Å². The van der Waals surface area contributed by atoms with Crippen LogP contribution in [0.3, 0.4) is 0 Å². The Labute approximate surface area is 154 Å². The molecule has 0 radical (unpaired) electrons. The lowest BCUT2D eigenvalue weighted by Crippen LogP contribution is -2.22. The second-order valence-corrected chi connectivity index (χ2v) is 6.54. The van der Waals surface area contributed by atoms with Crippen molar-refractivity contribution in [1.82, 2.24) is 0 Å². The number of hydrogen-bond donors (Lipinski definition) is 2. The summed E-state index contributed by atoms with van der Waals surface area (Å²) in [6.07, 6.45) is 6.42. The van der Waals surface area contributed by atoms with Crippen LogP contribution in [-0.4, -0.2) is 25.7 Å². The quantitative estimate of drug-likeness (QED) is 0.771. The average molecular weight is 354 g/mol. The lowest BCUT2D eigenvalue weighted by Gasteiger charge is -2.23. The van der Waals surface area contributed by atoms with E-state index in [2.05, 4.69) is 10.6 Å². The first kappa shape index (κ1) is 18.1. The minimum Gasteiger partial charge on any atom is -0.493 e. The summed E-state index contributed by atoms with van der Waals surface area (Å²) < 4.78 is 10.7. The molecule has 5 heteroatoms. The summed E-state index contributed by atoms with van der Waals surface area (Å²) in [7, 11) is 1.57. The Bertz CT molecular complexity index is 709. The zero-order valence-electron chi connectivity index (χ0n) is 15.2. The fourth-order valence-electron chi connectivity index (χ4n) is 3.21. The van der Waals surface area contributed by atoms with Gasteiger partial charge in [-0.05, 0) is 49.2 Å². The van der Waals surface area contributed by atoms with Crippen molar-refractivity contribution in [1.29, 1.82) is 0 Å². The van der Waals surface area contributed by atoms with Crippen LogP contribution >= 0.6 is 0 Å². The van der Waals surface area contributed by atoms with Crippen molar-refractivity contribution in [2.45, 2.75) is 38.1 Å². The van der Waals surface area contributed by atoms with Crippen LogP contribution in [0.25, 0.3) is 0 Å². The molecule has 3 rings (SSSR count). The number of hydrogen-bond acceptors (Lipinski definition) is 4. The number of anilines is 2. The van der Waals surface area contributed by atoms with Crippen LogP contribution in [0, 0.1) is 0 Å². The maximum atomic E-state index is 12.1. The summed E-state index contributed by atoms with van der Waals surface area (Å²) in [5.41, 5.74) is 1.85. The van der Waals surface area contributed by atoms with Gasteiger partial charge in [-0.2, -0.15) is 0 Å². The highest BCUT2D eigenvalue weighted by atomic mass is 16.5. The number of carbonyl (C=O) groups is 1. The normalized spacial score (nSPS) is 14.5. The van der Waals surface area contributed by atoms with E-state index in [0.29, 0.717) is 17.5 Å². The van der Waals surface area contributed by atoms with Crippen LogP contribution in [0.15, 0.2) is 48.5 Å². The van der Waals surface area contributed by atoms with E-state index in [4.69, 9.17) is 9.47 Å². The van der Waals surface area contributed by atoms with Crippen LogP contribution in [-0.2, 0) is 4.79 Å². The third kappa shape index (κ3) is 5.15. The third-order valence-corrected chi connectivity index (χ3v) is 4.57. The number of methoxy groups -OCH3 is 1. The van der Waals surface area contributed by atoms with E-state index in [1.807, 2.05) is 36.4 Å². The molecule has 26 heavy (non-hydrogen) atoms. The number of benzene rings is 2. The van der Waals surface area contributed by atoms with E-state index in [-0.39, 0.29) is 12.5 Å². The van der Waals surface area contributed by atoms with Gasteiger partial charge in [-0.3, -0.25) is 4.79 Å². The van der Waals surface area contributed by atoms with Crippen molar-refractivity contribution in [2.75, 3.05) is 24.4 Å². The van der Waals surface area contributed by atoms with Crippen molar-refractivity contribution in [3.63, 3.8) is 0 Å². The molecule has 0 bridgehead atoms. The van der Waals surface area contributed by atoms with E-state index < -0.39 is 0 Å². The van der Waals surface area contributed by atoms with E-state index in [0.717, 1.165) is 11.4 Å². The minimum absolute atomic E-state index is 0.0670. The molecule has 1 amide bonds. The molecule has 0 heterocycles. The van der Waals surface area contributed by atoms with Gasteiger partial charge in [-0.25, -0.2) is 0 Å². The molecular formula is C21H26N2O3. The zero-order valence-corrected chi connectivity index (χ0v) is 15.2. The second-order valence-electron chi connectivity index (χ2n) is 6.54. The molecule has 1 aliphatic rings. The van der Waals surface area contributed by atoms with Crippen LogP contribution in [0.4, 0.5) is 11.4 Å². The Balaban J connectivity index is 1.48. The van der Waals surface area contributed by atoms with Gasteiger partial charge in [0.15, 0.2) is 18.1 Å². The van der Waals surface area contributed by atoms with Crippen LogP contribution < -0.4 is 20.1 Å². The van der Waals surface area contributed by atoms with Gasteiger partial charge in [-0.1, -0.05) is 31.4 Å². The van der Waals surface area contributed by atoms with Crippen molar-refractivity contribution in [2.24, 2.45) is 0 Å². The Morgan fingerprint density at radius 1 is 0.962 bits per heavy atom. The summed E-state index contributed by atoms with van der Waals surface area (Å²) in [4.78, 5) is 12.1. The number of nitrogens with one attached hydrogen (secondary N) is 2. The molecule has 1 fully saturated rings. The SMILES string of the molecule is COc1ccccc1OCC(=O)Nc1ccc(NC2CCCCC2)cc1. The highest BCUT2D eigenvalue weighted by molar-refractivity contribution is 5.92. The number of carbonyl (C=O) groups excluding carboxylic acids is 1. The number of ether oxygens (including phenoxy) is 2. The molecule has 0 aliphatic heterocycles. The molecule has 0 spiro atoms. The minimum atomic E-state index is -0.205. The molecule has 0 aromatic heterocycles. The smallest absolute Gasteiger partial charge is 0.262 e. The van der Waals surface area contributed by atoms with E-state index in [1.165, 1.54) is 32.1 Å². The summed E-state index contributed by atoms with van der Waals surface area (Å²) in [6.45, 7) is -0.0670. The lowest BCUT2D eigenvalue weighted by molar-refractivity contribution is -0.118. The molecule has 0 saturated heterocycles. The van der Waals surface area contributed by atoms with Crippen LogP contribution in [0.2, 0.25) is 0 Å². The van der Waals surface area contributed by atoms with Gasteiger partial charge >= 0.3 is 0 Å². The Morgan fingerprint density at radius 3 is 2.31 bits per heavy atom. The monoisotopic (exact) mass is 354 g/mol. The maximum absolute atomic E-state index is 12.1. The van der Waals surface area contributed by atoms with Crippen molar-refractivity contribution >= 4 is 17.3 Å². The van der Waals surface area contributed by atoms with Gasteiger partial charge in [0.25, 0.3) is 5.91 Å². The molecule has 0 unspecified atom stereocenters. The van der Waals surface area contributed by atoms with Crippen LogP contribution in [0.5, 0.6) is 11.5 Å². The number of para-hydroxylation sites is 2. The first-order valence-electron chi connectivity index (χ1n) is 9.17. The number of amides is 1. The van der Waals surface area contributed by atoms with Crippen molar-refractivity contribution in [3.8, 4) is 11.5 Å². The largest absolute Gasteiger partial charge is 0.493 e. The van der Waals surface area contributed by atoms with Crippen molar-refractivity contribution < 1.29 is 14.3 Å². The van der Waals surface area contributed by atoms with E-state index in [1.54, 1.807) is 19.2 Å². The van der Waals surface area contributed by atoms with Gasteiger partial charge < -0.3 is 20.1 Å². The van der Waals surface area contributed by atoms with Crippen molar-refractivity contribution in [3.05, 3.63) is 48.5 Å². The third-order valence-electron chi connectivity index (χ3n) is 4.57. The fraction of sp³-hybridized carbons (Fsp3) is 0.381. The molecular weight excluding hydrogens is 328 g/mol.